The molecule has 1 aliphatic heterocycles. The number of amides is 1. The van der Waals surface area contributed by atoms with E-state index >= 15 is 0 Å². The number of carbonyl (C=O) groups is 1. The minimum Gasteiger partial charge on any atom is -0.337 e. The van der Waals surface area contributed by atoms with Crippen molar-refractivity contribution in [3.8, 4) is 0 Å². The number of hydrogen-bond donors (Lipinski definition) is 1. The SMILES string of the molecule is Cc1cccc(C(=O)N2CC[C@H](N)C2)c1F. The van der Waals surface area contributed by atoms with Crippen LogP contribution in [0.3, 0.4) is 0 Å². The lowest BCUT2D eigenvalue weighted by atomic mass is 10.1. The Labute approximate surface area is 94.0 Å². The first-order chi connectivity index (χ1) is 7.59. The molecule has 4 heteroatoms. The van der Waals surface area contributed by atoms with E-state index in [9.17, 15) is 9.18 Å². The number of benzene rings is 1. The molecule has 1 saturated heterocycles. The molecule has 0 spiro atoms. The van der Waals surface area contributed by atoms with Crippen LogP contribution in [0.4, 0.5) is 4.39 Å². The number of nitrogens with zero attached hydrogens (tertiary/aromatic N) is 1. The van der Waals surface area contributed by atoms with Gasteiger partial charge in [0.25, 0.3) is 5.91 Å². The van der Waals surface area contributed by atoms with Crippen LogP contribution >= 0.6 is 0 Å². The highest BCUT2D eigenvalue weighted by atomic mass is 19.1. The van der Waals surface area contributed by atoms with Crippen LogP contribution in [0.1, 0.15) is 22.3 Å². The van der Waals surface area contributed by atoms with Gasteiger partial charge in [-0.1, -0.05) is 12.1 Å². The average molecular weight is 222 g/mol. The fourth-order valence-electron chi connectivity index (χ4n) is 1.95. The Morgan fingerprint density at radius 2 is 2.31 bits per heavy atom. The van der Waals surface area contributed by atoms with E-state index in [0.717, 1.165) is 6.42 Å². The number of likely N-dealkylation sites (tertiary alicyclic amines) is 1. The number of hydrogen-bond acceptors (Lipinski definition) is 2. The van der Waals surface area contributed by atoms with E-state index in [1.807, 2.05) is 0 Å². The van der Waals surface area contributed by atoms with E-state index in [2.05, 4.69) is 0 Å². The van der Waals surface area contributed by atoms with Crippen molar-refractivity contribution in [2.75, 3.05) is 13.1 Å². The first-order valence-electron chi connectivity index (χ1n) is 5.39. The molecule has 1 heterocycles. The van der Waals surface area contributed by atoms with Gasteiger partial charge in [-0.3, -0.25) is 4.79 Å². The van der Waals surface area contributed by atoms with E-state index in [-0.39, 0.29) is 17.5 Å². The van der Waals surface area contributed by atoms with E-state index in [1.165, 1.54) is 6.07 Å². The Hall–Kier alpha value is -1.42. The Morgan fingerprint density at radius 1 is 1.56 bits per heavy atom. The molecule has 1 amide bonds. The van der Waals surface area contributed by atoms with Crippen molar-refractivity contribution < 1.29 is 9.18 Å². The van der Waals surface area contributed by atoms with Gasteiger partial charge in [-0.15, -0.1) is 0 Å². The number of carbonyl (C=O) groups excluding carboxylic acids is 1. The summed E-state index contributed by atoms with van der Waals surface area (Å²) in [5.74, 6) is -0.679. The number of aryl methyl sites for hydroxylation is 1. The smallest absolute Gasteiger partial charge is 0.256 e. The molecule has 1 aromatic rings. The Balaban J connectivity index is 2.24. The molecule has 1 aliphatic rings. The summed E-state index contributed by atoms with van der Waals surface area (Å²) in [6.07, 6.45) is 0.791. The zero-order valence-corrected chi connectivity index (χ0v) is 9.24. The second-order valence-electron chi connectivity index (χ2n) is 4.24. The molecule has 0 unspecified atom stereocenters. The summed E-state index contributed by atoms with van der Waals surface area (Å²) < 4.78 is 13.7. The van der Waals surface area contributed by atoms with Crippen molar-refractivity contribution in [1.82, 2.24) is 4.90 Å². The van der Waals surface area contributed by atoms with Crippen LogP contribution in [0, 0.1) is 12.7 Å². The molecule has 2 N–H and O–H groups in total. The summed E-state index contributed by atoms with van der Waals surface area (Å²) in [5.41, 5.74) is 6.36. The highest BCUT2D eigenvalue weighted by Crippen LogP contribution is 2.17. The van der Waals surface area contributed by atoms with E-state index < -0.39 is 5.82 Å². The van der Waals surface area contributed by atoms with Crippen molar-refractivity contribution in [3.63, 3.8) is 0 Å². The third-order valence-electron chi connectivity index (χ3n) is 2.93. The molecule has 0 bridgehead atoms. The molecule has 0 radical (unpaired) electrons. The maximum atomic E-state index is 13.7. The predicted octanol–water partition coefficient (Wildman–Crippen LogP) is 1.31. The standard InChI is InChI=1S/C12H15FN2O/c1-8-3-2-4-10(11(8)13)12(16)15-6-5-9(14)7-15/h2-4,9H,5-7,14H2,1H3/t9-/m0/s1. The monoisotopic (exact) mass is 222 g/mol. The number of rotatable bonds is 1. The second-order valence-corrected chi connectivity index (χ2v) is 4.24. The topological polar surface area (TPSA) is 46.3 Å². The van der Waals surface area contributed by atoms with Gasteiger partial charge in [-0.25, -0.2) is 4.39 Å². The van der Waals surface area contributed by atoms with Gasteiger partial charge in [0.15, 0.2) is 0 Å². The van der Waals surface area contributed by atoms with Crippen molar-refractivity contribution in [2.24, 2.45) is 5.73 Å². The zero-order valence-electron chi connectivity index (χ0n) is 9.24. The minimum atomic E-state index is -0.423. The van der Waals surface area contributed by atoms with Gasteiger partial charge in [0.2, 0.25) is 0 Å². The zero-order chi connectivity index (χ0) is 11.7. The van der Waals surface area contributed by atoms with E-state index in [0.29, 0.717) is 18.7 Å². The molecular weight excluding hydrogens is 207 g/mol. The maximum Gasteiger partial charge on any atom is 0.256 e. The third kappa shape index (κ3) is 1.93. The highest BCUT2D eigenvalue weighted by Gasteiger charge is 2.26. The van der Waals surface area contributed by atoms with Gasteiger partial charge < -0.3 is 10.6 Å². The van der Waals surface area contributed by atoms with Crippen LogP contribution in [0.2, 0.25) is 0 Å². The van der Waals surface area contributed by atoms with Gasteiger partial charge in [0, 0.05) is 19.1 Å². The lowest BCUT2D eigenvalue weighted by Gasteiger charge is -2.16. The molecule has 1 aromatic carbocycles. The van der Waals surface area contributed by atoms with Crippen LogP contribution in [-0.2, 0) is 0 Å². The average Bonchev–Trinajstić information content (AvgIpc) is 2.68. The molecule has 2 rings (SSSR count). The fraction of sp³-hybridized carbons (Fsp3) is 0.417. The molecule has 1 atom stereocenters. The normalized spacial score (nSPS) is 20.2. The maximum absolute atomic E-state index is 13.7. The molecule has 3 nitrogen and oxygen atoms in total. The third-order valence-corrected chi connectivity index (χ3v) is 2.93. The predicted molar refractivity (Wildman–Crippen MR) is 59.6 cm³/mol. The quantitative estimate of drug-likeness (QED) is 0.778. The van der Waals surface area contributed by atoms with Gasteiger partial charge in [0.1, 0.15) is 5.82 Å². The van der Waals surface area contributed by atoms with Crippen LogP contribution in [0.15, 0.2) is 18.2 Å². The molecule has 16 heavy (non-hydrogen) atoms. The van der Waals surface area contributed by atoms with Crippen molar-refractivity contribution in [3.05, 3.63) is 35.1 Å². The summed E-state index contributed by atoms with van der Waals surface area (Å²) >= 11 is 0. The van der Waals surface area contributed by atoms with Crippen molar-refractivity contribution >= 4 is 5.91 Å². The lowest BCUT2D eigenvalue weighted by molar-refractivity contribution is 0.0786. The number of nitrogens with two attached hydrogens (primary N) is 1. The van der Waals surface area contributed by atoms with Gasteiger partial charge in [-0.05, 0) is 25.0 Å². The molecule has 0 aliphatic carbocycles. The minimum absolute atomic E-state index is 0.0248. The summed E-state index contributed by atoms with van der Waals surface area (Å²) in [4.78, 5) is 13.6. The van der Waals surface area contributed by atoms with Crippen molar-refractivity contribution in [1.29, 1.82) is 0 Å². The van der Waals surface area contributed by atoms with Gasteiger partial charge in [0.05, 0.1) is 5.56 Å². The Bertz CT molecular complexity index is 419. The van der Waals surface area contributed by atoms with Crippen LogP contribution < -0.4 is 5.73 Å². The summed E-state index contributed by atoms with van der Waals surface area (Å²) in [6.45, 7) is 2.79. The fourth-order valence-corrected chi connectivity index (χ4v) is 1.95. The molecule has 86 valence electrons. The second kappa shape index (κ2) is 4.22. The largest absolute Gasteiger partial charge is 0.337 e. The summed E-state index contributed by atoms with van der Waals surface area (Å²) in [5, 5.41) is 0. The van der Waals surface area contributed by atoms with Gasteiger partial charge >= 0.3 is 0 Å². The first-order valence-corrected chi connectivity index (χ1v) is 5.39. The molecular formula is C12H15FN2O. The Morgan fingerprint density at radius 3 is 2.94 bits per heavy atom. The van der Waals surface area contributed by atoms with Crippen molar-refractivity contribution in [2.45, 2.75) is 19.4 Å². The highest BCUT2D eigenvalue weighted by molar-refractivity contribution is 5.94. The Kier molecular flexibility index (Phi) is 2.92. The molecule has 1 fully saturated rings. The van der Waals surface area contributed by atoms with Crippen LogP contribution in [0.25, 0.3) is 0 Å². The summed E-state index contributed by atoms with van der Waals surface area (Å²) in [7, 11) is 0. The van der Waals surface area contributed by atoms with Crippen LogP contribution in [0.5, 0.6) is 0 Å². The van der Waals surface area contributed by atoms with E-state index in [4.69, 9.17) is 5.73 Å². The molecule has 0 aromatic heterocycles. The van der Waals surface area contributed by atoms with Gasteiger partial charge in [-0.2, -0.15) is 0 Å². The number of halogens is 1. The molecule has 0 saturated carbocycles. The van der Waals surface area contributed by atoms with Crippen LogP contribution in [-0.4, -0.2) is 29.9 Å². The van der Waals surface area contributed by atoms with E-state index in [1.54, 1.807) is 24.0 Å². The lowest BCUT2D eigenvalue weighted by Crippen LogP contribution is -2.32. The first kappa shape index (κ1) is 11.1. The summed E-state index contributed by atoms with van der Waals surface area (Å²) in [6, 6.07) is 4.90.